The molecule has 0 fully saturated rings. The second-order valence-electron chi connectivity index (χ2n) is 4.98. The predicted molar refractivity (Wildman–Crippen MR) is 82.9 cm³/mol. The van der Waals surface area contributed by atoms with Crippen molar-refractivity contribution >= 4 is 11.9 Å². The number of H-pyrrole nitrogens is 1. The van der Waals surface area contributed by atoms with Gasteiger partial charge in [-0.1, -0.05) is 13.0 Å². The Morgan fingerprint density at radius 2 is 2.17 bits per heavy atom. The van der Waals surface area contributed by atoms with Crippen molar-refractivity contribution in [2.45, 2.75) is 26.0 Å². The van der Waals surface area contributed by atoms with Crippen LogP contribution < -0.4 is 10.1 Å². The first-order valence-electron chi connectivity index (χ1n) is 7.34. The number of halogens is 1. The number of hydrogen-bond donors (Lipinski definition) is 2. The number of amides is 1. The minimum Gasteiger partial charge on any atom is -0.487 e. The van der Waals surface area contributed by atoms with Gasteiger partial charge in [0, 0.05) is 6.07 Å². The maximum atomic E-state index is 13.1. The number of benzene rings is 1. The molecule has 128 valence electrons. The molecule has 0 aliphatic rings. The van der Waals surface area contributed by atoms with Crippen LogP contribution in [0.25, 0.3) is 0 Å². The van der Waals surface area contributed by atoms with Gasteiger partial charge in [0.15, 0.2) is 0 Å². The molecule has 0 saturated heterocycles. The molecule has 7 nitrogen and oxygen atoms in total. The number of carbonyl (C=O) groups is 2. The number of nitrogens with zero attached hydrogens (tertiary/aromatic N) is 1. The summed E-state index contributed by atoms with van der Waals surface area (Å²) in [6.45, 7) is 1.85. The monoisotopic (exact) mass is 335 g/mol. The van der Waals surface area contributed by atoms with Gasteiger partial charge in [-0.25, -0.2) is 9.18 Å². The smallest absolute Gasteiger partial charge is 0.328 e. The van der Waals surface area contributed by atoms with Crippen LogP contribution in [0.1, 0.15) is 29.5 Å². The predicted octanol–water partition coefficient (Wildman–Crippen LogP) is 1.81. The third-order valence-corrected chi connectivity index (χ3v) is 3.25. The average Bonchev–Trinajstić information content (AvgIpc) is 3.06. The molecule has 0 bridgehead atoms. The summed E-state index contributed by atoms with van der Waals surface area (Å²) in [7, 11) is 1.26. The van der Waals surface area contributed by atoms with Crippen molar-refractivity contribution in [3.63, 3.8) is 0 Å². The van der Waals surface area contributed by atoms with Crippen LogP contribution in [0, 0.1) is 5.82 Å². The average molecular weight is 335 g/mol. The number of ether oxygens (including phenoxy) is 2. The first-order chi connectivity index (χ1) is 11.5. The molecule has 2 aromatic rings. The zero-order chi connectivity index (χ0) is 17.5. The molecular weight excluding hydrogens is 317 g/mol. The van der Waals surface area contributed by atoms with Crippen LogP contribution in [0.2, 0.25) is 0 Å². The Morgan fingerprint density at radius 3 is 2.83 bits per heavy atom. The number of rotatable bonds is 7. The van der Waals surface area contributed by atoms with Gasteiger partial charge in [-0.2, -0.15) is 5.10 Å². The van der Waals surface area contributed by atoms with Gasteiger partial charge >= 0.3 is 5.97 Å². The van der Waals surface area contributed by atoms with E-state index in [1.807, 2.05) is 0 Å². The fraction of sp³-hybridized carbons (Fsp3) is 0.312. The number of hydrogen-bond acceptors (Lipinski definition) is 5. The molecule has 1 amide bonds. The summed E-state index contributed by atoms with van der Waals surface area (Å²) >= 11 is 0. The molecule has 1 aromatic heterocycles. The molecule has 1 aromatic carbocycles. The van der Waals surface area contributed by atoms with Gasteiger partial charge in [-0.3, -0.25) is 9.89 Å². The van der Waals surface area contributed by atoms with Gasteiger partial charge in [0.25, 0.3) is 5.91 Å². The Bertz CT molecular complexity index is 717. The van der Waals surface area contributed by atoms with Crippen LogP contribution in [0.15, 0.2) is 30.3 Å². The van der Waals surface area contributed by atoms with Crippen LogP contribution in [0.4, 0.5) is 4.39 Å². The number of methoxy groups -OCH3 is 1. The number of aromatic nitrogens is 2. The lowest BCUT2D eigenvalue weighted by Crippen LogP contribution is -2.41. The van der Waals surface area contributed by atoms with E-state index in [1.54, 1.807) is 13.0 Å². The molecule has 0 aliphatic heterocycles. The van der Waals surface area contributed by atoms with Crippen LogP contribution in [0.5, 0.6) is 5.75 Å². The van der Waals surface area contributed by atoms with E-state index < -0.39 is 23.7 Å². The Balaban J connectivity index is 1.94. The first-order valence-corrected chi connectivity index (χ1v) is 7.34. The van der Waals surface area contributed by atoms with Crippen LogP contribution in [0.3, 0.4) is 0 Å². The van der Waals surface area contributed by atoms with Crippen molar-refractivity contribution in [2.24, 2.45) is 0 Å². The van der Waals surface area contributed by atoms with Gasteiger partial charge < -0.3 is 14.8 Å². The Hall–Kier alpha value is -2.90. The molecule has 0 spiro atoms. The summed E-state index contributed by atoms with van der Waals surface area (Å²) in [6, 6.07) is 6.50. The summed E-state index contributed by atoms with van der Waals surface area (Å²) in [6.07, 6.45) is 0.401. The molecule has 2 rings (SSSR count). The van der Waals surface area contributed by atoms with Crippen molar-refractivity contribution in [3.8, 4) is 5.75 Å². The lowest BCUT2D eigenvalue weighted by Gasteiger charge is -2.13. The van der Waals surface area contributed by atoms with Gasteiger partial charge in [0.1, 0.15) is 29.9 Å². The Morgan fingerprint density at radius 1 is 1.38 bits per heavy atom. The maximum Gasteiger partial charge on any atom is 0.328 e. The molecular formula is C16H18FN3O4. The summed E-state index contributed by atoms with van der Waals surface area (Å²) in [5.41, 5.74) is 0.658. The zero-order valence-corrected chi connectivity index (χ0v) is 13.3. The molecule has 8 heteroatoms. The molecule has 1 unspecified atom stereocenters. The fourth-order valence-corrected chi connectivity index (χ4v) is 1.97. The van der Waals surface area contributed by atoms with Gasteiger partial charge in [0.2, 0.25) is 0 Å². The number of esters is 1. The van der Waals surface area contributed by atoms with Gasteiger partial charge in [-0.05, 0) is 24.6 Å². The quantitative estimate of drug-likeness (QED) is 0.753. The van der Waals surface area contributed by atoms with Crippen molar-refractivity contribution in [2.75, 3.05) is 7.11 Å². The summed E-state index contributed by atoms with van der Waals surface area (Å²) in [4.78, 5) is 23.6. The largest absolute Gasteiger partial charge is 0.487 e. The van der Waals surface area contributed by atoms with Crippen LogP contribution in [-0.2, 0) is 16.1 Å². The topological polar surface area (TPSA) is 93.3 Å². The zero-order valence-electron chi connectivity index (χ0n) is 13.3. The van der Waals surface area contributed by atoms with E-state index in [4.69, 9.17) is 4.74 Å². The van der Waals surface area contributed by atoms with Gasteiger partial charge in [-0.15, -0.1) is 0 Å². The lowest BCUT2D eigenvalue weighted by molar-refractivity contribution is -0.142. The molecule has 24 heavy (non-hydrogen) atoms. The van der Waals surface area contributed by atoms with E-state index in [0.717, 1.165) is 0 Å². The minimum absolute atomic E-state index is 0.0952. The molecule has 0 saturated carbocycles. The van der Waals surface area contributed by atoms with E-state index in [1.165, 1.54) is 31.4 Å². The first kappa shape index (κ1) is 17.5. The molecule has 0 aliphatic carbocycles. The third kappa shape index (κ3) is 4.55. The highest BCUT2D eigenvalue weighted by Crippen LogP contribution is 2.14. The van der Waals surface area contributed by atoms with Crippen molar-refractivity contribution < 1.29 is 23.5 Å². The minimum atomic E-state index is -0.730. The normalized spacial score (nSPS) is 11.6. The highest BCUT2D eigenvalue weighted by molar-refractivity contribution is 5.95. The molecule has 1 heterocycles. The molecule has 0 radical (unpaired) electrons. The van der Waals surface area contributed by atoms with Gasteiger partial charge in [0.05, 0.1) is 12.8 Å². The lowest BCUT2D eigenvalue weighted by atomic mass is 10.2. The summed E-state index contributed by atoms with van der Waals surface area (Å²) < 4.78 is 23.1. The van der Waals surface area contributed by atoms with E-state index in [-0.39, 0.29) is 12.3 Å². The van der Waals surface area contributed by atoms with Crippen molar-refractivity contribution in [1.82, 2.24) is 15.5 Å². The van der Waals surface area contributed by atoms with E-state index in [2.05, 4.69) is 20.3 Å². The van der Waals surface area contributed by atoms with Crippen LogP contribution in [-0.4, -0.2) is 35.2 Å². The summed E-state index contributed by atoms with van der Waals surface area (Å²) in [5.74, 6) is -1.05. The van der Waals surface area contributed by atoms with E-state index in [9.17, 15) is 14.0 Å². The molecule has 1 atom stereocenters. The SMILES string of the molecule is CCC(NC(=O)c1cc(COc2cccc(F)c2)[nH]n1)C(=O)OC. The summed E-state index contributed by atoms with van der Waals surface area (Å²) in [5, 5.41) is 9.08. The second-order valence-corrected chi connectivity index (χ2v) is 4.98. The van der Waals surface area contributed by atoms with E-state index in [0.29, 0.717) is 17.9 Å². The van der Waals surface area contributed by atoms with Crippen LogP contribution >= 0.6 is 0 Å². The number of carbonyl (C=O) groups excluding carboxylic acids is 2. The second kappa shape index (κ2) is 8.09. The third-order valence-electron chi connectivity index (χ3n) is 3.25. The highest BCUT2D eigenvalue weighted by atomic mass is 19.1. The Kier molecular flexibility index (Phi) is 5.89. The number of nitrogens with one attached hydrogen (secondary N) is 2. The van der Waals surface area contributed by atoms with E-state index >= 15 is 0 Å². The molecule has 2 N–H and O–H groups in total. The van der Waals surface area contributed by atoms with Crippen molar-refractivity contribution in [3.05, 3.63) is 47.5 Å². The number of aromatic amines is 1. The maximum absolute atomic E-state index is 13.1. The highest BCUT2D eigenvalue weighted by Gasteiger charge is 2.21. The fourth-order valence-electron chi connectivity index (χ4n) is 1.97. The Labute approximate surface area is 138 Å². The van der Waals surface area contributed by atoms with Crippen molar-refractivity contribution in [1.29, 1.82) is 0 Å². The standard InChI is InChI=1S/C16H18FN3O4/c1-3-13(16(22)23-2)18-15(21)14-8-11(19-20-14)9-24-12-6-4-5-10(17)7-12/h4-8,13H,3,9H2,1-2H3,(H,18,21)(H,19,20).